The average molecular weight is 871 g/mol. The van der Waals surface area contributed by atoms with Gasteiger partial charge >= 0.3 is 23.9 Å². The molecule has 2 atom stereocenters. The number of nitrogens with one attached hydrogen (secondary N) is 3. The summed E-state index contributed by atoms with van der Waals surface area (Å²) < 4.78 is 16.4. The van der Waals surface area contributed by atoms with E-state index in [1.165, 1.54) is 82.6 Å². The van der Waals surface area contributed by atoms with Gasteiger partial charge in [0.1, 0.15) is 28.9 Å². The van der Waals surface area contributed by atoms with Gasteiger partial charge in [0.15, 0.2) is 0 Å². The molecular formula is C48H82N6O8. The van der Waals surface area contributed by atoms with Gasteiger partial charge in [0.05, 0.1) is 0 Å². The van der Waals surface area contributed by atoms with Crippen LogP contribution in [0.4, 0.5) is 10.5 Å². The number of rotatable bonds is 31. The summed E-state index contributed by atoms with van der Waals surface area (Å²) in [5.41, 5.74) is 8.15. The fourth-order valence-corrected chi connectivity index (χ4v) is 6.74. The SMILES string of the molecule is CC(C)(C)OC(=O)CCC(NC(=O)NC(CCCCNC(=O)CCCCCCCCCCCCCCCCCc1ccc(N=[N+]=[N-])cc1)C(=O)OC(C)(C)C)C(=O)OC(C)(C)C. The van der Waals surface area contributed by atoms with Crippen LogP contribution in [0.2, 0.25) is 0 Å². The van der Waals surface area contributed by atoms with Crippen LogP contribution >= 0.6 is 0 Å². The first-order valence-corrected chi connectivity index (χ1v) is 23.3. The quantitative estimate of drug-likeness (QED) is 0.0163. The number of nitrogens with zero attached hydrogens (tertiary/aromatic N) is 3. The standard InChI is InChI=1S/C48H82N6O8/c1-46(2,3)60-42(56)35-34-40(44(58)62-48(7,8)9)52-45(59)51-39(43(57)61-47(4,5)6)28-25-26-36-50-41(55)29-24-22-20-18-16-14-12-10-11-13-15-17-19-21-23-27-37-30-32-38(33-31-37)53-54-49/h30-33,39-40H,10-29,34-36H2,1-9H3,(H,50,55)(H2,51,52,59). The van der Waals surface area contributed by atoms with Crippen LogP contribution < -0.4 is 16.0 Å². The van der Waals surface area contributed by atoms with Crippen molar-refractivity contribution in [1.82, 2.24) is 16.0 Å². The number of amides is 3. The second-order valence-corrected chi connectivity index (χ2v) is 19.4. The van der Waals surface area contributed by atoms with Gasteiger partial charge < -0.3 is 30.2 Å². The van der Waals surface area contributed by atoms with Gasteiger partial charge in [-0.15, -0.1) is 0 Å². The Bertz CT molecular complexity index is 1510. The molecule has 0 aromatic heterocycles. The molecule has 62 heavy (non-hydrogen) atoms. The summed E-state index contributed by atoms with van der Waals surface area (Å²) in [4.78, 5) is 66.9. The van der Waals surface area contributed by atoms with Crippen molar-refractivity contribution in [3.05, 3.63) is 40.3 Å². The van der Waals surface area contributed by atoms with Gasteiger partial charge in [0, 0.05) is 30.0 Å². The van der Waals surface area contributed by atoms with Gasteiger partial charge in [0.25, 0.3) is 0 Å². The highest BCUT2D eigenvalue weighted by Crippen LogP contribution is 2.18. The first-order valence-electron chi connectivity index (χ1n) is 23.3. The number of benzene rings is 1. The summed E-state index contributed by atoms with van der Waals surface area (Å²) in [6.45, 7) is 16.0. The van der Waals surface area contributed by atoms with E-state index in [2.05, 4.69) is 26.0 Å². The Morgan fingerprint density at radius 2 is 1.00 bits per heavy atom. The van der Waals surface area contributed by atoms with Gasteiger partial charge in [-0.2, -0.15) is 0 Å². The summed E-state index contributed by atoms with van der Waals surface area (Å²) in [5, 5.41) is 11.8. The van der Waals surface area contributed by atoms with Crippen LogP contribution in [-0.4, -0.2) is 65.3 Å². The Hall–Kier alpha value is -4.32. The number of urea groups is 1. The molecule has 0 saturated heterocycles. The van der Waals surface area contributed by atoms with E-state index in [1.54, 1.807) is 62.3 Å². The summed E-state index contributed by atoms with van der Waals surface area (Å²) >= 11 is 0. The monoisotopic (exact) mass is 871 g/mol. The van der Waals surface area contributed by atoms with E-state index in [9.17, 15) is 24.0 Å². The zero-order chi connectivity index (χ0) is 46.4. The molecule has 3 amide bonds. The third-order valence-electron chi connectivity index (χ3n) is 9.76. The molecule has 2 unspecified atom stereocenters. The number of carbonyl (C=O) groups excluding carboxylic acids is 5. The van der Waals surface area contributed by atoms with Crippen LogP contribution in [-0.2, 0) is 39.8 Å². The number of ether oxygens (including phenoxy) is 3. The number of hydrogen-bond acceptors (Lipinski definition) is 9. The van der Waals surface area contributed by atoms with E-state index in [4.69, 9.17) is 19.7 Å². The van der Waals surface area contributed by atoms with Crippen LogP contribution in [0, 0.1) is 0 Å². The molecule has 352 valence electrons. The van der Waals surface area contributed by atoms with E-state index in [0.717, 1.165) is 25.7 Å². The molecule has 14 heteroatoms. The maximum Gasteiger partial charge on any atom is 0.329 e. The zero-order valence-electron chi connectivity index (χ0n) is 39.8. The van der Waals surface area contributed by atoms with Crippen LogP contribution in [0.5, 0.6) is 0 Å². The van der Waals surface area contributed by atoms with Crippen molar-refractivity contribution in [2.75, 3.05) is 6.54 Å². The fourth-order valence-electron chi connectivity index (χ4n) is 6.74. The lowest BCUT2D eigenvalue weighted by Crippen LogP contribution is -2.53. The number of carbonyl (C=O) groups is 5. The third-order valence-corrected chi connectivity index (χ3v) is 9.76. The molecule has 1 rings (SSSR count). The molecule has 0 heterocycles. The summed E-state index contributed by atoms with van der Waals surface area (Å²) in [6.07, 6.45) is 21.2. The normalized spacial score (nSPS) is 12.7. The maximum absolute atomic E-state index is 13.2. The molecule has 0 aliphatic rings. The molecule has 3 N–H and O–H groups in total. The van der Waals surface area contributed by atoms with Crippen LogP contribution in [0.25, 0.3) is 10.4 Å². The Labute approximate surface area is 373 Å². The third kappa shape index (κ3) is 31.5. The zero-order valence-corrected chi connectivity index (χ0v) is 39.8. The van der Waals surface area contributed by atoms with Crippen molar-refractivity contribution in [2.24, 2.45) is 5.11 Å². The van der Waals surface area contributed by atoms with E-state index < -0.39 is 52.8 Å². The molecule has 0 aliphatic heterocycles. The van der Waals surface area contributed by atoms with Crippen LogP contribution in [0.1, 0.15) is 203 Å². The van der Waals surface area contributed by atoms with Crippen molar-refractivity contribution in [2.45, 2.75) is 232 Å². The highest BCUT2D eigenvalue weighted by atomic mass is 16.6. The lowest BCUT2D eigenvalue weighted by molar-refractivity contribution is -0.159. The van der Waals surface area contributed by atoms with Gasteiger partial charge in [-0.1, -0.05) is 113 Å². The minimum atomic E-state index is -1.16. The van der Waals surface area contributed by atoms with Crippen LogP contribution in [0.3, 0.4) is 0 Å². The Morgan fingerprint density at radius 3 is 1.45 bits per heavy atom. The minimum absolute atomic E-state index is 0.0148. The lowest BCUT2D eigenvalue weighted by Gasteiger charge is -2.27. The average Bonchev–Trinajstić information content (AvgIpc) is 3.15. The Balaban J connectivity index is 2.26. The highest BCUT2D eigenvalue weighted by molar-refractivity contribution is 5.87. The van der Waals surface area contributed by atoms with Gasteiger partial charge in [0.2, 0.25) is 5.91 Å². The van der Waals surface area contributed by atoms with Crippen molar-refractivity contribution in [3.8, 4) is 0 Å². The molecule has 0 spiro atoms. The maximum atomic E-state index is 13.2. The minimum Gasteiger partial charge on any atom is -0.460 e. The molecule has 0 bridgehead atoms. The predicted octanol–water partition coefficient (Wildman–Crippen LogP) is 11.5. The summed E-state index contributed by atoms with van der Waals surface area (Å²) in [6, 6.07) is 4.92. The van der Waals surface area contributed by atoms with Crippen molar-refractivity contribution in [1.29, 1.82) is 0 Å². The number of aryl methyl sites for hydroxylation is 1. The van der Waals surface area contributed by atoms with E-state index in [1.807, 2.05) is 24.3 Å². The first-order chi connectivity index (χ1) is 29.2. The molecular weight excluding hydrogens is 789 g/mol. The number of azide groups is 1. The molecule has 0 fully saturated rings. The number of hydrogen-bond donors (Lipinski definition) is 3. The molecule has 1 aromatic carbocycles. The fraction of sp³-hybridized carbons (Fsp3) is 0.771. The molecule has 0 radical (unpaired) electrons. The van der Waals surface area contributed by atoms with Gasteiger partial charge in [-0.25, -0.2) is 14.4 Å². The van der Waals surface area contributed by atoms with Gasteiger partial charge in [-0.3, -0.25) is 9.59 Å². The number of unbranched alkanes of at least 4 members (excludes halogenated alkanes) is 15. The lowest BCUT2D eigenvalue weighted by atomic mass is 10.0. The molecule has 14 nitrogen and oxygen atoms in total. The van der Waals surface area contributed by atoms with Gasteiger partial charge in [-0.05, 0) is 118 Å². The second-order valence-electron chi connectivity index (χ2n) is 19.4. The van der Waals surface area contributed by atoms with Crippen molar-refractivity contribution < 1.29 is 38.2 Å². The second kappa shape index (κ2) is 30.7. The smallest absolute Gasteiger partial charge is 0.329 e. The van der Waals surface area contributed by atoms with Crippen molar-refractivity contribution >= 4 is 35.5 Å². The largest absolute Gasteiger partial charge is 0.460 e. The first kappa shape index (κ1) is 55.7. The molecule has 1 aromatic rings. The molecule has 0 aliphatic carbocycles. The van der Waals surface area contributed by atoms with E-state index in [-0.39, 0.29) is 25.2 Å². The predicted molar refractivity (Wildman–Crippen MR) is 246 cm³/mol. The number of esters is 3. The highest BCUT2D eigenvalue weighted by Gasteiger charge is 2.31. The van der Waals surface area contributed by atoms with Crippen LogP contribution in [0.15, 0.2) is 29.4 Å². The van der Waals surface area contributed by atoms with E-state index in [0.29, 0.717) is 31.5 Å². The van der Waals surface area contributed by atoms with Crippen molar-refractivity contribution in [3.63, 3.8) is 0 Å². The Morgan fingerprint density at radius 1 is 0.565 bits per heavy atom. The topological polar surface area (TPSA) is 198 Å². The molecule has 0 saturated carbocycles. The van der Waals surface area contributed by atoms with E-state index >= 15 is 0 Å². The summed E-state index contributed by atoms with van der Waals surface area (Å²) in [7, 11) is 0. The summed E-state index contributed by atoms with van der Waals surface area (Å²) in [5.74, 6) is -1.83. The Kier molecular flexibility index (Phi) is 27.6.